The highest BCUT2D eigenvalue weighted by atomic mass is 16.2. The molecular weight excluding hydrogens is 238 g/mol. The molecule has 1 atom stereocenters. The number of nitrogens with one attached hydrogen (secondary N) is 2. The Bertz CT molecular complexity index is 466. The maximum absolute atomic E-state index is 11.7. The van der Waals surface area contributed by atoms with E-state index in [2.05, 4.69) is 16.7 Å². The van der Waals surface area contributed by atoms with Gasteiger partial charge in [-0.1, -0.05) is 12.1 Å². The fourth-order valence-electron chi connectivity index (χ4n) is 1.67. The van der Waals surface area contributed by atoms with Gasteiger partial charge in [0.1, 0.15) is 0 Å². The zero-order valence-corrected chi connectivity index (χ0v) is 11.9. The second kappa shape index (κ2) is 6.35. The van der Waals surface area contributed by atoms with Crippen molar-refractivity contribution < 1.29 is 4.79 Å². The normalized spacial score (nSPS) is 12.6. The molecule has 4 heteroatoms. The molecule has 0 radical (unpaired) electrons. The third-order valence-corrected chi connectivity index (χ3v) is 2.62. The van der Waals surface area contributed by atoms with Crippen LogP contribution in [0.4, 0.5) is 0 Å². The molecule has 1 amide bonds. The third-order valence-electron chi connectivity index (χ3n) is 2.62. The van der Waals surface area contributed by atoms with Gasteiger partial charge in [0.15, 0.2) is 0 Å². The van der Waals surface area contributed by atoms with Crippen molar-refractivity contribution in [3.63, 3.8) is 0 Å². The molecule has 0 aliphatic rings. The molecule has 1 rings (SSSR count). The number of hydrogen-bond donors (Lipinski definition) is 2. The minimum atomic E-state index is -0.212. The quantitative estimate of drug-likeness (QED) is 0.870. The van der Waals surface area contributed by atoms with Crippen molar-refractivity contribution in [2.45, 2.75) is 39.3 Å². The van der Waals surface area contributed by atoms with E-state index in [1.165, 1.54) is 0 Å². The summed E-state index contributed by atoms with van der Waals surface area (Å²) in [5.41, 5.74) is 1.49. The molecule has 1 unspecified atom stereocenters. The molecule has 102 valence electrons. The lowest BCUT2D eigenvalue weighted by Crippen LogP contribution is -2.45. The second-order valence-electron chi connectivity index (χ2n) is 5.63. The van der Waals surface area contributed by atoms with Crippen molar-refractivity contribution in [1.29, 1.82) is 5.26 Å². The number of benzene rings is 1. The first-order valence-electron chi connectivity index (χ1n) is 6.36. The number of amides is 1. The fourth-order valence-corrected chi connectivity index (χ4v) is 1.67. The first kappa shape index (κ1) is 15.2. The van der Waals surface area contributed by atoms with E-state index in [0.717, 1.165) is 5.56 Å². The summed E-state index contributed by atoms with van der Waals surface area (Å²) in [7, 11) is 0. The number of rotatable bonds is 4. The van der Waals surface area contributed by atoms with E-state index in [1.807, 2.05) is 39.8 Å². The van der Waals surface area contributed by atoms with E-state index in [1.54, 1.807) is 12.1 Å². The molecule has 2 N–H and O–H groups in total. The van der Waals surface area contributed by atoms with E-state index in [9.17, 15) is 4.79 Å². The summed E-state index contributed by atoms with van der Waals surface area (Å²) in [5.74, 6) is -0.0204. The Morgan fingerprint density at radius 2 is 1.89 bits per heavy atom. The summed E-state index contributed by atoms with van der Waals surface area (Å²) in [6.07, 6.45) is 0. The monoisotopic (exact) mass is 259 g/mol. The van der Waals surface area contributed by atoms with E-state index in [0.29, 0.717) is 5.56 Å². The first-order valence-corrected chi connectivity index (χ1v) is 6.36. The molecule has 1 aromatic rings. The van der Waals surface area contributed by atoms with Gasteiger partial charge in [-0.05, 0) is 45.4 Å². The maximum Gasteiger partial charge on any atom is 0.234 e. The lowest BCUT2D eigenvalue weighted by molar-refractivity contribution is -0.121. The highest BCUT2D eigenvalue weighted by molar-refractivity contribution is 5.78. The van der Waals surface area contributed by atoms with Crippen LogP contribution < -0.4 is 10.6 Å². The molecule has 19 heavy (non-hydrogen) atoms. The predicted molar refractivity (Wildman–Crippen MR) is 75.5 cm³/mol. The molecule has 4 nitrogen and oxygen atoms in total. The number of nitriles is 1. The number of hydrogen-bond acceptors (Lipinski definition) is 3. The average Bonchev–Trinajstić information content (AvgIpc) is 2.34. The molecule has 1 aromatic carbocycles. The lowest BCUT2D eigenvalue weighted by Gasteiger charge is -2.21. The molecule has 0 fully saturated rings. The van der Waals surface area contributed by atoms with Crippen LogP contribution in [0.5, 0.6) is 0 Å². The smallest absolute Gasteiger partial charge is 0.234 e. The van der Waals surface area contributed by atoms with Crippen LogP contribution in [-0.4, -0.2) is 18.0 Å². The summed E-state index contributed by atoms with van der Waals surface area (Å²) in [5, 5.41) is 14.8. The topological polar surface area (TPSA) is 64.9 Å². The Labute approximate surface area is 114 Å². The standard InChI is InChI=1S/C15H21N3O/c1-11(13-7-5-12(9-16)6-8-13)17-10-14(19)18-15(2,3)4/h5-8,11,17H,10H2,1-4H3,(H,18,19). The molecule has 0 heterocycles. The lowest BCUT2D eigenvalue weighted by atomic mass is 10.1. The van der Waals surface area contributed by atoms with Crippen molar-refractivity contribution in [3.8, 4) is 6.07 Å². The largest absolute Gasteiger partial charge is 0.350 e. The molecule has 0 spiro atoms. The van der Waals surface area contributed by atoms with Gasteiger partial charge in [-0.3, -0.25) is 4.79 Å². The summed E-state index contributed by atoms with van der Waals surface area (Å²) in [6.45, 7) is 8.13. The molecule has 0 aliphatic carbocycles. The van der Waals surface area contributed by atoms with E-state index < -0.39 is 0 Å². The van der Waals surface area contributed by atoms with Crippen molar-refractivity contribution >= 4 is 5.91 Å². The minimum Gasteiger partial charge on any atom is -0.350 e. The molecular formula is C15H21N3O. The Hall–Kier alpha value is -1.86. The predicted octanol–water partition coefficient (Wildman–Crippen LogP) is 2.12. The van der Waals surface area contributed by atoms with Crippen LogP contribution in [0.2, 0.25) is 0 Å². The molecule has 0 saturated heterocycles. The van der Waals surface area contributed by atoms with Crippen LogP contribution in [0, 0.1) is 11.3 Å². The van der Waals surface area contributed by atoms with Gasteiger partial charge in [0.2, 0.25) is 5.91 Å². The Morgan fingerprint density at radius 1 is 1.32 bits per heavy atom. The zero-order valence-electron chi connectivity index (χ0n) is 11.9. The summed E-state index contributed by atoms with van der Waals surface area (Å²) < 4.78 is 0. The Kier molecular flexibility index (Phi) is 5.08. The van der Waals surface area contributed by atoms with Gasteiger partial charge in [-0.15, -0.1) is 0 Å². The van der Waals surface area contributed by atoms with E-state index in [4.69, 9.17) is 5.26 Å². The number of nitrogens with zero attached hydrogens (tertiary/aromatic N) is 1. The number of carbonyl (C=O) groups excluding carboxylic acids is 1. The Morgan fingerprint density at radius 3 is 2.37 bits per heavy atom. The average molecular weight is 259 g/mol. The molecule has 0 aliphatic heterocycles. The first-order chi connectivity index (χ1) is 8.81. The van der Waals surface area contributed by atoms with Crippen LogP contribution in [0.3, 0.4) is 0 Å². The highest BCUT2D eigenvalue weighted by Gasteiger charge is 2.14. The van der Waals surface area contributed by atoms with Crippen LogP contribution >= 0.6 is 0 Å². The Balaban J connectivity index is 2.49. The molecule has 0 bridgehead atoms. The third kappa shape index (κ3) is 5.54. The van der Waals surface area contributed by atoms with Gasteiger partial charge in [0.25, 0.3) is 0 Å². The maximum atomic E-state index is 11.7. The van der Waals surface area contributed by atoms with Gasteiger partial charge in [-0.2, -0.15) is 5.26 Å². The van der Waals surface area contributed by atoms with Crippen LogP contribution in [0.15, 0.2) is 24.3 Å². The van der Waals surface area contributed by atoms with Crippen molar-refractivity contribution in [2.75, 3.05) is 6.54 Å². The fraction of sp³-hybridized carbons (Fsp3) is 0.467. The van der Waals surface area contributed by atoms with Crippen LogP contribution in [0.1, 0.15) is 44.9 Å². The van der Waals surface area contributed by atoms with Crippen molar-refractivity contribution in [2.24, 2.45) is 0 Å². The summed E-state index contributed by atoms with van der Waals surface area (Å²) >= 11 is 0. The van der Waals surface area contributed by atoms with Gasteiger partial charge in [0.05, 0.1) is 18.2 Å². The van der Waals surface area contributed by atoms with E-state index >= 15 is 0 Å². The van der Waals surface area contributed by atoms with E-state index in [-0.39, 0.29) is 24.0 Å². The minimum absolute atomic E-state index is 0.0204. The molecule has 0 aromatic heterocycles. The van der Waals surface area contributed by atoms with Gasteiger partial charge in [-0.25, -0.2) is 0 Å². The van der Waals surface area contributed by atoms with Crippen molar-refractivity contribution in [1.82, 2.24) is 10.6 Å². The van der Waals surface area contributed by atoms with Gasteiger partial charge in [0, 0.05) is 11.6 Å². The van der Waals surface area contributed by atoms with Gasteiger partial charge < -0.3 is 10.6 Å². The number of carbonyl (C=O) groups is 1. The zero-order chi connectivity index (χ0) is 14.5. The second-order valence-corrected chi connectivity index (χ2v) is 5.63. The highest BCUT2D eigenvalue weighted by Crippen LogP contribution is 2.12. The SMILES string of the molecule is CC(NCC(=O)NC(C)(C)C)c1ccc(C#N)cc1. The van der Waals surface area contributed by atoms with Crippen LogP contribution in [-0.2, 0) is 4.79 Å². The molecule has 0 saturated carbocycles. The van der Waals surface area contributed by atoms with Crippen LogP contribution in [0.25, 0.3) is 0 Å². The summed E-state index contributed by atoms with van der Waals surface area (Å²) in [6, 6.07) is 9.51. The summed E-state index contributed by atoms with van der Waals surface area (Å²) in [4.78, 5) is 11.7. The van der Waals surface area contributed by atoms with Gasteiger partial charge >= 0.3 is 0 Å². The van der Waals surface area contributed by atoms with Crippen molar-refractivity contribution in [3.05, 3.63) is 35.4 Å².